The van der Waals surface area contributed by atoms with Crippen molar-refractivity contribution < 1.29 is 4.79 Å². The molecule has 1 amide bonds. The number of fused-ring (bicyclic) bond motifs is 1. The van der Waals surface area contributed by atoms with E-state index in [9.17, 15) is 4.79 Å². The maximum absolute atomic E-state index is 12.3. The summed E-state index contributed by atoms with van der Waals surface area (Å²) in [4.78, 5) is 19.7. The number of rotatable bonds is 5. The van der Waals surface area contributed by atoms with Crippen LogP contribution in [0.15, 0.2) is 67.3 Å². The van der Waals surface area contributed by atoms with Crippen LogP contribution in [0.25, 0.3) is 16.7 Å². The van der Waals surface area contributed by atoms with E-state index in [1.807, 2.05) is 53.4 Å². The first kappa shape index (κ1) is 16.6. The van der Waals surface area contributed by atoms with Crippen molar-refractivity contribution in [1.29, 1.82) is 5.26 Å². The van der Waals surface area contributed by atoms with Crippen molar-refractivity contribution in [2.75, 3.05) is 6.54 Å². The lowest BCUT2D eigenvalue weighted by molar-refractivity contribution is 0.0954. The minimum atomic E-state index is -0.151. The van der Waals surface area contributed by atoms with Crippen molar-refractivity contribution in [3.8, 4) is 11.9 Å². The quantitative estimate of drug-likeness (QED) is 0.576. The highest BCUT2D eigenvalue weighted by atomic mass is 16.1. The Kier molecular flexibility index (Phi) is 4.42. The summed E-state index contributed by atoms with van der Waals surface area (Å²) in [5, 5.41) is 13.0. The fourth-order valence-corrected chi connectivity index (χ4v) is 3.00. The van der Waals surface area contributed by atoms with Crippen LogP contribution in [0.2, 0.25) is 0 Å². The number of carbonyl (C=O) groups is 1. The minimum absolute atomic E-state index is 0.151. The summed E-state index contributed by atoms with van der Waals surface area (Å²) in [5.41, 5.74) is 3.16. The molecule has 0 aliphatic heterocycles. The number of H-pyrrole nitrogens is 1. The number of pyridine rings is 1. The van der Waals surface area contributed by atoms with Crippen LogP contribution in [0.5, 0.6) is 0 Å². The van der Waals surface area contributed by atoms with Gasteiger partial charge in [-0.1, -0.05) is 6.07 Å². The largest absolute Gasteiger partial charge is 0.360 e. The van der Waals surface area contributed by atoms with Gasteiger partial charge in [-0.3, -0.25) is 4.79 Å². The molecule has 3 heterocycles. The number of hydrogen-bond acceptors (Lipinski definition) is 3. The van der Waals surface area contributed by atoms with E-state index in [4.69, 9.17) is 5.26 Å². The van der Waals surface area contributed by atoms with Crippen LogP contribution < -0.4 is 5.32 Å². The molecule has 27 heavy (non-hydrogen) atoms. The van der Waals surface area contributed by atoms with Crippen LogP contribution in [0.3, 0.4) is 0 Å². The molecule has 0 saturated carbocycles. The maximum Gasteiger partial charge on any atom is 0.252 e. The number of nitriles is 1. The van der Waals surface area contributed by atoms with Gasteiger partial charge in [0.15, 0.2) is 0 Å². The third-order valence-corrected chi connectivity index (χ3v) is 4.44. The predicted molar refractivity (Wildman–Crippen MR) is 103 cm³/mol. The second kappa shape index (κ2) is 7.18. The van der Waals surface area contributed by atoms with Gasteiger partial charge >= 0.3 is 0 Å². The molecule has 132 valence electrons. The lowest BCUT2D eigenvalue weighted by Gasteiger charge is -2.07. The van der Waals surface area contributed by atoms with E-state index in [0.717, 1.165) is 22.3 Å². The molecule has 0 unspecified atom stereocenters. The van der Waals surface area contributed by atoms with Crippen molar-refractivity contribution in [3.05, 3.63) is 83.9 Å². The SMILES string of the molecule is N#Cc1c[nH]c2ccc(CCNC(=O)c3ccc(-n4cccc4)nc3)cc12. The Morgan fingerprint density at radius 3 is 2.81 bits per heavy atom. The molecule has 0 aliphatic rings. The van der Waals surface area contributed by atoms with Crippen LogP contribution in [0, 0.1) is 11.3 Å². The maximum atomic E-state index is 12.3. The van der Waals surface area contributed by atoms with Gasteiger partial charge in [0, 0.05) is 42.2 Å². The van der Waals surface area contributed by atoms with Gasteiger partial charge in [0.2, 0.25) is 0 Å². The molecule has 0 spiro atoms. The molecular weight excluding hydrogens is 338 g/mol. The second-order valence-electron chi connectivity index (χ2n) is 6.20. The highest BCUT2D eigenvalue weighted by Crippen LogP contribution is 2.19. The molecule has 4 aromatic rings. The van der Waals surface area contributed by atoms with E-state index in [0.29, 0.717) is 24.1 Å². The Hall–Kier alpha value is -3.85. The van der Waals surface area contributed by atoms with Crippen molar-refractivity contribution >= 4 is 16.8 Å². The molecule has 3 aromatic heterocycles. The third kappa shape index (κ3) is 3.44. The van der Waals surface area contributed by atoms with Gasteiger partial charge in [0.05, 0.1) is 11.1 Å². The molecule has 1 aromatic carbocycles. The van der Waals surface area contributed by atoms with Crippen LogP contribution in [-0.4, -0.2) is 27.0 Å². The summed E-state index contributed by atoms with van der Waals surface area (Å²) in [5.74, 6) is 0.617. The number of nitrogens with one attached hydrogen (secondary N) is 2. The summed E-state index contributed by atoms with van der Waals surface area (Å²) < 4.78 is 1.88. The summed E-state index contributed by atoms with van der Waals surface area (Å²) in [6.45, 7) is 0.510. The number of hydrogen-bond donors (Lipinski definition) is 2. The van der Waals surface area contributed by atoms with E-state index in [1.54, 1.807) is 18.5 Å². The lowest BCUT2D eigenvalue weighted by atomic mass is 10.1. The molecule has 0 fully saturated rings. The average Bonchev–Trinajstić information content (AvgIpc) is 3.37. The Balaban J connectivity index is 1.37. The van der Waals surface area contributed by atoms with Crippen molar-refractivity contribution in [2.24, 2.45) is 0 Å². The van der Waals surface area contributed by atoms with Crippen molar-refractivity contribution in [2.45, 2.75) is 6.42 Å². The van der Waals surface area contributed by atoms with Gasteiger partial charge < -0.3 is 14.9 Å². The molecule has 4 rings (SSSR count). The molecule has 0 aliphatic carbocycles. The average molecular weight is 355 g/mol. The summed E-state index contributed by atoms with van der Waals surface area (Å²) in [6, 6.07) is 15.6. The van der Waals surface area contributed by atoms with E-state index in [-0.39, 0.29) is 5.91 Å². The molecular formula is C21H17N5O. The first-order valence-electron chi connectivity index (χ1n) is 8.62. The first-order valence-corrected chi connectivity index (χ1v) is 8.62. The van der Waals surface area contributed by atoms with Gasteiger partial charge in [0.1, 0.15) is 11.9 Å². The zero-order valence-electron chi connectivity index (χ0n) is 14.5. The number of nitrogens with zero attached hydrogens (tertiary/aromatic N) is 3. The molecule has 0 atom stereocenters. The smallest absolute Gasteiger partial charge is 0.252 e. The molecule has 0 saturated heterocycles. The highest BCUT2D eigenvalue weighted by molar-refractivity contribution is 5.94. The number of carbonyl (C=O) groups excluding carboxylic acids is 1. The highest BCUT2D eigenvalue weighted by Gasteiger charge is 2.07. The monoisotopic (exact) mass is 355 g/mol. The van der Waals surface area contributed by atoms with Gasteiger partial charge in [-0.25, -0.2) is 4.98 Å². The summed E-state index contributed by atoms with van der Waals surface area (Å²) in [6.07, 6.45) is 7.78. The van der Waals surface area contributed by atoms with Crippen LogP contribution in [0.1, 0.15) is 21.5 Å². The van der Waals surface area contributed by atoms with Gasteiger partial charge in [-0.2, -0.15) is 5.26 Å². The van der Waals surface area contributed by atoms with Crippen molar-refractivity contribution in [1.82, 2.24) is 19.9 Å². The number of aromatic nitrogens is 3. The van der Waals surface area contributed by atoms with Crippen LogP contribution >= 0.6 is 0 Å². The molecule has 0 bridgehead atoms. The van der Waals surface area contributed by atoms with E-state index in [1.165, 1.54) is 0 Å². The number of aromatic amines is 1. The standard InChI is InChI=1S/C21H17N5O/c22-12-17-14-24-19-5-3-15(11-18(17)19)7-8-23-21(27)16-4-6-20(25-13-16)26-9-1-2-10-26/h1-6,9-11,13-14,24H,7-8H2,(H,23,27). The summed E-state index contributed by atoms with van der Waals surface area (Å²) >= 11 is 0. The molecule has 6 heteroatoms. The van der Waals surface area contributed by atoms with Crippen LogP contribution in [-0.2, 0) is 6.42 Å². The van der Waals surface area contributed by atoms with E-state index >= 15 is 0 Å². The Morgan fingerprint density at radius 1 is 1.22 bits per heavy atom. The zero-order chi connectivity index (χ0) is 18.6. The Labute approximate surface area is 156 Å². The Morgan fingerprint density at radius 2 is 2.07 bits per heavy atom. The van der Waals surface area contributed by atoms with Gasteiger partial charge in [-0.05, 0) is 48.4 Å². The number of amides is 1. The molecule has 0 radical (unpaired) electrons. The fourth-order valence-electron chi connectivity index (χ4n) is 3.00. The number of benzene rings is 1. The van der Waals surface area contributed by atoms with Gasteiger partial charge in [0.25, 0.3) is 5.91 Å². The summed E-state index contributed by atoms with van der Waals surface area (Å²) in [7, 11) is 0. The lowest BCUT2D eigenvalue weighted by Crippen LogP contribution is -2.25. The normalized spacial score (nSPS) is 10.6. The van der Waals surface area contributed by atoms with Crippen LogP contribution in [0.4, 0.5) is 0 Å². The fraction of sp³-hybridized carbons (Fsp3) is 0.0952. The molecule has 6 nitrogen and oxygen atoms in total. The van der Waals surface area contributed by atoms with Crippen molar-refractivity contribution in [3.63, 3.8) is 0 Å². The van der Waals surface area contributed by atoms with Gasteiger partial charge in [-0.15, -0.1) is 0 Å². The Bertz CT molecular complexity index is 1120. The second-order valence-corrected chi connectivity index (χ2v) is 6.20. The van der Waals surface area contributed by atoms with E-state index in [2.05, 4.69) is 21.4 Å². The minimum Gasteiger partial charge on any atom is -0.360 e. The topological polar surface area (TPSA) is 86.5 Å². The first-order chi connectivity index (χ1) is 13.2. The zero-order valence-corrected chi connectivity index (χ0v) is 14.5. The van der Waals surface area contributed by atoms with E-state index < -0.39 is 0 Å². The predicted octanol–water partition coefficient (Wildman–Crippen LogP) is 3.20. The molecule has 2 N–H and O–H groups in total. The third-order valence-electron chi connectivity index (χ3n) is 4.44.